The molecule has 0 spiro atoms. The second-order valence-corrected chi connectivity index (χ2v) is 5.46. The highest BCUT2D eigenvalue weighted by Crippen LogP contribution is 2.16. The largest absolute Gasteiger partial charge is 0.350 e. The van der Waals surface area contributed by atoms with Gasteiger partial charge in [0.1, 0.15) is 0 Å². The number of nitrogens with two attached hydrogens (primary N) is 1. The van der Waals surface area contributed by atoms with Gasteiger partial charge in [-0.15, -0.1) is 23.7 Å². The fourth-order valence-electron chi connectivity index (χ4n) is 1.30. The van der Waals surface area contributed by atoms with Crippen molar-refractivity contribution in [3.8, 4) is 0 Å². The first kappa shape index (κ1) is 16.4. The van der Waals surface area contributed by atoms with Crippen molar-refractivity contribution in [1.29, 1.82) is 0 Å². The lowest BCUT2D eigenvalue weighted by atomic mass is 10.1. The van der Waals surface area contributed by atoms with Crippen LogP contribution < -0.4 is 11.1 Å². The Kier molecular flexibility index (Phi) is 7.43. The lowest BCUT2D eigenvalue weighted by molar-refractivity contribution is -0.123. The van der Waals surface area contributed by atoms with Gasteiger partial charge in [0.05, 0.1) is 12.6 Å². The minimum absolute atomic E-state index is 0. The van der Waals surface area contributed by atoms with Crippen molar-refractivity contribution >= 4 is 29.7 Å². The van der Waals surface area contributed by atoms with E-state index >= 15 is 0 Å². The Morgan fingerprint density at radius 2 is 2.00 bits per heavy atom. The molecule has 3 N–H and O–H groups in total. The third-order valence-corrected chi connectivity index (χ3v) is 3.75. The van der Waals surface area contributed by atoms with Crippen molar-refractivity contribution < 1.29 is 4.79 Å². The second kappa shape index (κ2) is 7.69. The van der Waals surface area contributed by atoms with Gasteiger partial charge in [0.2, 0.25) is 5.91 Å². The van der Waals surface area contributed by atoms with Crippen molar-refractivity contribution in [2.24, 2.45) is 11.7 Å². The van der Waals surface area contributed by atoms with Gasteiger partial charge in [0.15, 0.2) is 0 Å². The molecular formula is C12H21ClN2OS. The molecule has 1 amide bonds. The second-order valence-electron chi connectivity index (χ2n) is 4.21. The first-order chi connectivity index (χ1) is 7.54. The lowest BCUT2D eigenvalue weighted by Crippen LogP contribution is -2.43. The normalized spacial score (nSPS) is 12.1. The maximum absolute atomic E-state index is 11.6. The van der Waals surface area contributed by atoms with Crippen molar-refractivity contribution in [2.45, 2.75) is 39.8 Å². The molecule has 1 aromatic rings. The van der Waals surface area contributed by atoms with Crippen molar-refractivity contribution in [1.82, 2.24) is 5.32 Å². The molecule has 0 saturated heterocycles. The van der Waals surface area contributed by atoms with Crippen molar-refractivity contribution in [2.75, 3.05) is 0 Å². The van der Waals surface area contributed by atoms with Gasteiger partial charge in [-0.2, -0.15) is 0 Å². The standard InChI is InChI=1S/C12H20N2OS.ClH/c1-4-9-5-6-10(16-9)7-14-12(15)11(13)8(2)3;/h5-6,8,11H,4,7,13H2,1-3H3,(H,14,15);1H/t11-;/m1./s1. The van der Waals surface area contributed by atoms with E-state index in [1.807, 2.05) is 13.8 Å². The summed E-state index contributed by atoms with van der Waals surface area (Å²) in [7, 11) is 0. The minimum Gasteiger partial charge on any atom is -0.350 e. The molecule has 0 aromatic carbocycles. The third-order valence-electron chi connectivity index (χ3n) is 2.52. The minimum atomic E-state index is -0.411. The Morgan fingerprint density at radius 1 is 1.41 bits per heavy atom. The maximum Gasteiger partial charge on any atom is 0.237 e. The summed E-state index contributed by atoms with van der Waals surface area (Å²) in [5, 5.41) is 2.86. The molecule has 0 aliphatic heterocycles. The highest BCUT2D eigenvalue weighted by molar-refractivity contribution is 7.11. The van der Waals surface area contributed by atoms with Crippen LogP contribution in [0, 0.1) is 5.92 Å². The summed E-state index contributed by atoms with van der Waals surface area (Å²) in [6, 6.07) is 3.75. The Labute approximate surface area is 113 Å². The number of hydrogen-bond acceptors (Lipinski definition) is 3. The van der Waals surface area contributed by atoms with E-state index in [0.717, 1.165) is 6.42 Å². The summed E-state index contributed by atoms with van der Waals surface area (Å²) in [6.07, 6.45) is 1.05. The molecule has 0 saturated carbocycles. The van der Waals surface area contributed by atoms with E-state index in [1.165, 1.54) is 9.75 Å². The number of hydrogen-bond donors (Lipinski definition) is 2. The molecule has 5 heteroatoms. The Hall–Kier alpha value is -0.580. The van der Waals surface area contributed by atoms with Crippen LogP contribution in [0.2, 0.25) is 0 Å². The van der Waals surface area contributed by atoms with Crippen LogP contribution >= 0.6 is 23.7 Å². The van der Waals surface area contributed by atoms with Crippen LogP contribution in [0.5, 0.6) is 0 Å². The molecule has 0 fully saturated rings. The van der Waals surface area contributed by atoms with E-state index in [0.29, 0.717) is 6.54 Å². The van der Waals surface area contributed by atoms with E-state index in [1.54, 1.807) is 11.3 Å². The number of nitrogens with one attached hydrogen (secondary N) is 1. The Morgan fingerprint density at radius 3 is 2.47 bits per heavy atom. The third kappa shape index (κ3) is 5.06. The molecule has 1 atom stereocenters. The predicted octanol–water partition coefficient (Wildman–Crippen LogP) is 2.33. The quantitative estimate of drug-likeness (QED) is 0.867. The monoisotopic (exact) mass is 276 g/mol. The summed E-state index contributed by atoms with van der Waals surface area (Å²) < 4.78 is 0. The SMILES string of the molecule is CCc1ccc(CNC(=O)[C@H](N)C(C)C)s1.Cl. The number of halogens is 1. The van der Waals surface area contributed by atoms with Crippen LogP contribution in [0.25, 0.3) is 0 Å². The molecule has 1 aromatic heterocycles. The van der Waals surface area contributed by atoms with Gasteiger partial charge in [-0.3, -0.25) is 4.79 Å². The fourth-order valence-corrected chi connectivity index (χ4v) is 2.20. The molecular weight excluding hydrogens is 256 g/mol. The summed E-state index contributed by atoms with van der Waals surface area (Å²) in [5.41, 5.74) is 5.75. The number of amides is 1. The highest BCUT2D eigenvalue weighted by Gasteiger charge is 2.16. The molecule has 0 radical (unpaired) electrons. The summed E-state index contributed by atoms with van der Waals surface area (Å²) in [5.74, 6) is 0.107. The number of carbonyl (C=O) groups excluding carboxylic acids is 1. The molecule has 1 heterocycles. The Bertz CT molecular complexity index is 352. The first-order valence-electron chi connectivity index (χ1n) is 5.65. The smallest absolute Gasteiger partial charge is 0.237 e. The zero-order valence-corrected chi connectivity index (χ0v) is 12.2. The lowest BCUT2D eigenvalue weighted by Gasteiger charge is -2.14. The van der Waals surface area contributed by atoms with Crippen LogP contribution in [0.15, 0.2) is 12.1 Å². The predicted molar refractivity (Wildman–Crippen MR) is 75.6 cm³/mol. The van der Waals surface area contributed by atoms with Crippen LogP contribution in [-0.4, -0.2) is 11.9 Å². The van der Waals surface area contributed by atoms with E-state index in [9.17, 15) is 4.79 Å². The van der Waals surface area contributed by atoms with E-state index in [2.05, 4.69) is 24.4 Å². The molecule has 0 unspecified atom stereocenters. The molecule has 98 valence electrons. The zero-order valence-electron chi connectivity index (χ0n) is 10.5. The first-order valence-corrected chi connectivity index (χ1v) is 6.47. The number of rotatable bonds is 5. The van der Waals surface area contributed by atoms with Crippen molar-refractivity contribution in [3.63, 3.8) is 0 Å². The topological polar surface area (TPSA) is 55.1 Å². The van der Waals surface area contributed by atoms with Gasteiger partial charge < -0.3 is 11.1 Å². The average molecular weight is 277 g/mol. The summed E-state index contributed by atoms with van der Waals surface area (Å²) in [4.78, 5) is 14.1. The van der Waals surface area contributed by atoms with Crippen LogP contribution in [-0.2, 0) is 17.8 Å². The van der Waals surface area contributed by atoms with Gasteiger partial charge in [-0.1, -0.05) is 20.8 Å². The molecule has 0 aliphatic carbocycles. The molecule has 3 nitrogen and oxygen atoms in total. The number of aryl methyl sites for hydroxylation is 1. The van der Waals surface area contributed by atoms with Gasteiger partial charge in [-0.05, 0) is 24.5 Å². The van der Waals surface area contributed by atoms with E-state index in [4.69, 9.17) is 5.73 Å². The van der Waals surface area contributed by atoms with Crippen LogP contribution in [0.3, 0.4) is 0 Å². The molecule has 0 aliphatic rings. The fraction of sp³-hybridized carbons (Fsp3) is 0.583. The molecule has 1 rings (SSSR count). The Balaban J connectivity index is 0.00000256. The average Bonchev–Trinajstić information content (AvgIpc) is 2.72. The highest BCUT2D eigenvalue weighted by atomic mass is 35.5. The number of thiophene rings is 1. The summed E-state index contributed by atoms with van der Waals surface area (Å²) >= 11 is 1.74. The van der Waals surface area contributed by atoms with Crippen molar-refractivity contribution in [3.05, 3.63) is 21.9 Å². The zero-order chi connectivity index (χ0) is 12.1. The maximum atomic E-state index is 11.6. The van der Waals surface area contributed by atoms with Crippen LogP contribution in [0.1, 0.15) is 30.5 Å². The summed E-state index contributed by atoms with van der Waals surface area (Å²) in [6.45, 7) is 6.61. The number of carbonyl (C=O) groups is 1. The van der Waals surface area contributed by atoms with Crippen LogP contribution in [0.4, 0.5) is 0 Å². The van der Waals surface area contributed by atoms with Gasteiger partial charge in [0, 0.05) is 9.75 Å². The van der Waals surface area contributed by atoms with E-state index < -0.39 is 6.04 Å². The van der Waals surface area contributed by atoms with Gasteiger partial charge in [-0.25, -0.2) is 0 Å². The van der Waals surface area contributed by atoms with Gasteiger partial charge in [0.25, 0.3) is 0 Å². The molecule has 0 bridgehead atoms. The molecule has 17 heavy (non-hydrogen) atoms. The van der Waals surface area contributed by atoms with E-state index in [-0.39, 0.29) is 24.2 Å². The van der Waals surface area contributed by atoms with Gasteiger partial charge >= 0.3 is 0 Å².